The van der Waals surface area contributed by atoms with Crippen LogP contribution >= 0.6 is 0 Å². The van der Waals surface area contributed by atoms with Crippen LogP contribution in [-0.2, 0) is 11.2 Å². The lowest BCUT2D eigenvalue weighted by molar-refractivity contribution is 0.0298. The van der Waals surface area contributed by atoms with Crippen molar-refractivity contribution in [2.45, 2.75) is 6.42 Å². The quantitative estimate of drug-likeness (QED) is 0.505. The third-order valence-electron chi connectivity index (χ3n) is 5.79. The largest absolute Gasteiger partial charge is 0.493 e. The Hall–Kier alpha value is -3.39. The summed E-state index contributed by atoms with van der Waals surface area (Å²) in [6, 6.07) is 9.93. The number of benzene rings is 2. The van der Waals surface area contributed by atoms with E-state index in [2.05, 4.69) is 0 Å². The molecule has 1 amide bonds. The van der Waals surface area contributed by atoms with Crippen LogP contribution in [0, 0.1) is 5.82 Å². The van der Waals surface area contributed by atoms with Gasteiger partial charge in [0.1, 0.15) is 5.82 Å². The van der Waals surface area contributed by atoms with Gasteiger partial charge in [-0.25, -0.2) is 9.07 Å². The van der Waals surface area contributed by atoms with Gasteiger partial charge in [0.15, 0.2) is 17.2 Å². The first-order valence-electron chi connectivity index (χ1n) is 10.1. The van der Waals surface area contributed by atoms with Crippen LogP contribution in [0.15, 0.2) is 36.4 Å². The number of carbonyl (C=O) groups excluding carboxylic acids is 1. The van der Waals surface area contributed by atoms with Crippen molar-refractivity contribution in [2.24, 2.45) is 0 Å². The molecule has 1 aliphatic heterocycles. The van der Waals surface area contributed by atoms with Crippen LogP contribution in [-0.4, -0.2) is 61.1 Å². The number of ether oxygens (including phenoxy) is 3. The van der Waals surface area contributed by atoms with Crippen molar-refractivity contribution in [3.8, 4) is 28.4 Å². The van der Waals surface area contributed by atoms with E-state index in [1.165, 1.54) is 12.1 Å². The van der Waals surface area contributed by atoms with Crippen molar-refractivity contribution < 1.29 is 23.4 Å². The van der Waals surface area contributed by atoms with E-state index in [9.17, 15) is 9.18 Å². The highest BCUT2D eigenvalue weighted by Crippen LogP contribution is 2.45. The molecule has 0 radical (unpaired) electrons. The number of fused-ring (bicyclic) bond motifs is 3. The first-order chi connectivity index (χ1) is 15.1. The maximum Gasteiger partial charge on any atom is 0.274 e. The lowest BCUT2D eigenvalue weighted by Gasteiger charge is -2.26. The summed E-state index contributed by atoms with van der Waals surface area (Å²) in [6.45, 7) is 2.10. The van der Waals surface area contributed by atoms with Gasteiger partial charge in [0.25, 0.3) is 5.91 Å². The van der Waals surface area contributed by atoms with Gasteiger partial charge in [-0.15, -0.1) is 0 Å². The number of aromatic nitrogens is 2. The van der Waals surface area contributed by atoms with Crippen LogP contribution in [0.25, 0.3) is 16.9 Å². The Balaban J connectivity index is 1.68. The number of hydrogen-bond donors (Lipinski definition) is 0. The standard InChI is InChI=1S/C23H22FN3O4/c1-29-19-12-14-11-18-21(23(28)26-7-9-31-10-8-26)25-27(16-5-3-15(24)4-6-16)22(18)17(14)13-20(19)30-2/h3-6,12-13H,7-11H2,1-2H3. The van der Waals surface area contributed by atoms with E-state index < -0.39 is 0 Å². The van der Waals surface area contributed by atoms with Gasteiger partial charge in [-0.1, -0.05) is 0 Å². The summed E-state index contributed by atoms with van der Waals surface area (Å²) in [5.41, 5.74) is 4.71. The zero-order chi connectivity index (χ0) is 21.5. The molecular formula is C23H22FN3O4. The topological polar surface area (TPSA) is 65.8 Å². The Labute approximate surface area is 178 Å². The maximum absolute atomic E-state index is 13.5. The van der Waals surface area contributed by atoms with Crippen molar-refractivity contribution in [3.05, 3.63) is 59.0 Å². The maximum atomic E-state index is 13.5. The Morgan fingerprint density at radius 3 is 2.42 bits per heavy atom. The number of methoxy groups -OCH3 is 2. The second-order valence-electron chi connectivity index (χ2n) is 7.51. The van der Waals surface area contributed by atoms with Crippen LogP contribution in [0.3, 0.4) is 0 Å². The van der Waals surface area contributed by atoms with Crippen molar-refractivity contribution in [1.29, 1.82) is 0 Å². The van der Waals surface area contributed by atoms with E-state index in [4.69, 9.17) is 19.3 Å². The Bertz CT molecular complexity index is 1150. The number of amides is 1. The van der Waals surface area contributed by atoms with Crippen molar-refractivity contribution in [1.82, 2.24) is 14.7 Å². The molecule has 0 atom stereocenters. The summed E-state index contributed by atoms with van der Waals surface area (Å²) < 4.78 is 31.6. The van der Waals surface area contributed by atoms with Gasteiger partial charge in [0.2, 0.25) is 0 Å². The molecule has 0 N–H and O–H groups in total. The fourth-order valence-corrected chi connectivity index (χ4v) is 4.23. The average Bonchev–Trinajstić information content (AvgIpc) is 3.35. The molecule has 8 heteroatoms. The van der Waals surface area contributed by atoms with Crippen LogP contribution in [0.2, 0.25) is 0 Å². The molecule has 0 spiro atoms. The molecule has 2 aromatic carbocycles. The molecule has 2 aliphatic rings. The van der Waals surface area contributed by atoms with Crippen LogP contribution < -0.4 is 9.47 Å². The molecule has 0 bridgehead atoms. The average molecular weight is 423 g/mol. The number of morpholine rings is 1. The van der Waals surface area contributed by atoms with Crippen molar-refractivity contribution in [3.63, 3.8) is 0 Å². The number of halogens is 1. The Morgan fingerprint density at radius 1 is 1.06 bits per heavy atom. The number of carbonyl (C=O) groups is 1. The summed E-state index contributed by atoms with van der Waals surface area (Å²) in [5.74, 6) is 0.784. The van der Waals surface area contributed by atoms with Crippen molar-refractivity contribution >= 4 is 5.91 Å². The summed E-state index contributed by atoms with van der Waals surface area (Å²) in [5, 5.41) is 4.69. The van der Waals surface area contributed by atoms with E-state index >= 15 is 0 Å². The molecule has 0 saturated carbocycles. The zero-order valence-electron chi connectivity index (χ0n) is 17.4. The molecular weight excluding hydrogens is 401 g/mol. The highest BCUT2D eigenvalue weighted by Gasteiger charge is 2.34. The van der Waals surface area contributed by atoms with E-state index in [0.29, 0.717) is 55.6 Å². The molecule has 160 valence electrons. The van der Waals surface area contributed by atoms with Crippen LogP contribution in [0.4, 0.5) is 4.39 Å². The number of hydrogen-bond acceptors (Lipinski definition) is 5. The van der Waals surface area contributed by atoms with Crippen LogP contribution in [0.1, 0.15) is 21.6 Å². The van der Waals surface area contributed by atoms with Gasteiger partial charge >= 0.3 is 0 Å². The number of rotatable bonds is 4. The summed E-state index contributed by atoms with van der Waals surface area (Å²) in [6.07, 6.45) is 0.553. The summed E-state index contributed by atoms with van der Waals surface area (Å²) in [4.78, 5) is 15.1. The van der Waals surface area contributed by atoms with Gasteiger partial charge in [0, 0.05) is 30.6 Å². The molecule has 1 aliphatic carbocycles. The van der Waals surface area contributed by atoms with E-state index in [-0.39, 0.29) is 11.7 Å². The third-order valence-corrected chi connectivity index (χ3v) is 5.79. The van der Waals surface area contributed by atoms with Gasteiger partial charge in [0.05, 0.1) is 38.8 Å². The molecule has 7 nitrogen and oxygen atoms in total. The predicted octanol–water partition coefficient (Wildman–Crippen LogP) is 3.07. The van der Waals surface area contributed by atoms with Gasteiger partial charge in [-0.3, -0.25) is 4.79 Å². The fourth-order valence-electron chi connectivity index (χ4n) is 4.23. The molecule has 5 rings (SSSR count). The third kappa shape index (κ3) is 3.23. The highest BCUT2D eigenvalue weighted by atomic mass is 19.1. The van der Waals surface area contributed by atoms with Crippen molar-refractivity contribution in [2.75, 3.05) is 40.5 Å². The number of nitrogens with zero attached hydrogens (tertiary/aromatic N) is 3. The first-order valence-corrected chi connectivity index (χ1v) is 10.1. The van der Waals surface area contributed by atoms with Gasteiger partial charge in [-0.2, -0.15) is 5.10 Å². The Morgan fingerprint density at radius 2 is 1.74 bits per heavy atom. The molecule has 31 heavy (non-hydrogen) atoms. The normalized spacial score (nSPS) is 14.9. The lowest BCUT2D eigenvalue weighted by atomic mass is 10.1. The van der Waals surface area contributed by atoms with E-state index in [1.54, 1.807) is 35.9 Å². The molecule has 3 aromatic rings. The second kappa shape index (κ2) is 7.70. The monoisotopic (exact) mass is 423 g/mol. The summed E-state index contributed by atoms with van der Waals surface area (Å²) in [7, 11) is 3.19. The van der Waals surface area contributed by atoms with Crippen LogP contribution in [0.5, 0.6) is 11.5 Å². The SMILES string of the molecule is COc1cc2c(cc1OC)-c1c(c(C(=O)N3CCOCC3)nn1-c1ccc(F)cc1)C2. The van der Waals surface area contributed by atoms with E-state index in [1.807, 2.05) is 12.1 Å². The minimum atomic E-state index is -0.330. The van der Waals surface area contributed by atoms with E-state index in [0.717, 1.165) is 22.4 Å². The Kier molecular flexibility index (Phi) is 4.86. The smallest absolute Gasteiger partial charge is 0.274 e. The summed E-state index contributed by atoms with van der Waals surface area (Å²) >= 11 is 0. The zero-order valence-corrected chi connectivity index (χ0v) is 17.4. The minimum absolute atomic E-state index is 0.118. The van der Waals surface area contributed by atoms with Gasteiger partial charge in [-0.05, 0) is 42.0 Å². The molecule has 1 fully saturated rings. The minimum Gasteiger partial charge on any atom is -0.493 e. The second-order valence-corrected chi connectivity index (χ2v) is 7.51. The molecule has 2 heterocycles. The molecule has 1 aromatic heterocycles. The lowest BCUT2D eigenvalue weighted by Crippen LogP contribution is -2.41. The fraction of sp³-hybridized carbons (Fsp3) is 0.304. The first kappa shape index (κ1) is 19.6. The van der Waals surface area contributed by atoms with Gasteiger partial charge < -0.3 is 19.1 Å². The molecule has 1 saturated heterocycles. The highest BCUT2D eigenvalue weighted by molar-refractivity contribution is 5.97. The molecule has 0 unspecified atom stereocenters. The predicted molar refractivity (Wildman–Crippen MR) is 112 cm³/mol.